The smallest absolute Gasteiger partial charge is 0.270 e. The van der Waals surface area contributed by atoms with Crippen molar-refractivity contribution < 1.29 is 9.90 Å². The van der Waals surface area contributed by atoms with Crippen molar-refractivity contribution in [2.24, 2.45) is 0 Å². The number of nitrogens with one attached hydrogen (secondary N) is 1. The summed E-state index contributed by atoms with van der Waals surface area (Å²) in [4.78, 5) is 25.1. The molecule has 4 rings (SSSR count). The number of carbonyl (C=O) groups is 1. The van der Waals surface area contributed by atoms with Gasteiger partial charge < -0.3 is 15.0 Å². The number of carbonyl (C=O) groups excluding carboxylic acids is 1. The monoisotopic (exact) mass is 378 g/mol. The van der Waals surface area contributed by atoms with E-state index in [2.05, 4.69) is 14.9 Å². The number of piperazine rings is 1. The zero-order chi connectivity index (χ0) is 19.5. The third-order valence-corrected chi connectivity index (χ3v) is 5.43. The number of hydrogen-bond acceptors (Lipinski definition) is 4. The fourth-order valence-corrected chi connectivity index (χ4v) is 3.96. The van der Waals surface area contributed by atoms with Crippen LogP contribution >= 0.6 is 0 Å². The molecule has 0 spiro atoms. The van der Waals surface area contributed by atoms with Crippen LogP contribution in [-0.4, -0.2) is 63.1 Å². The van der Waals surface area contributed by atoms with Gasteiger partial charge in [0, 0.05) is 55.4 Å². The average Bonchev–Trinajstić information content (AvgIpc) is 3.13. The van der Waals surface area contributed by atoms with Crippen LogP contribution in [0.3, 0.4) is 0 Å². The predicted molar refractivity (Wildman–Crippen MR) is 109 cm³/mol. The molecule has 0 saturated carbocycles. The minimum Gasteiger partial charge on any atom is -0.396 e. The molecule has 1 aliphatic heterocycles. The van der Waals surface area contributed by atoms with E-state index < -0.39 is 0 Å². The van der Waals surface area contributed by atoms with E-state index in [0.717, 1.165) is 35.4 Å². The lowest BCUT2D eigenvalue weighted by molar-refractivity contribution is 0.0387. The van der Waals surface area contributed by atoms with E-state index in [-0.39, 0.29) is 18.6 Å². The van der Waals surface area contributed by atoms with Crippen LogP contribution in [0.2, 0.25) is 0 Å². The summed E-state index contributed by atoms with van der Waals surface area (Å²) >= 11 is 0. The Bertz CT molecular complexity index is 935. The van der Waals surface area contributed by atoms with Gasteiger partial charge in [0.2, 0.25) is 0 Å². The van der Waals surface area contributed by atoms with Crippen LogP contribution in [0.15, 0.2) is 48.5 Å². The van der Waals surface area contributed by atoms with Crippen LogP contribution in [-0.2, 0) is 6.54 Å². The molecule has 6 heteroatoms. The molecule has 1 saturated heterocycles. The van der Waals surface area contributed by atoms with Gasteiger partial charge in [-0.2, -0.15) is 0 Å². The van der Waals surface area contributed by atoms with Gasteiger partial charge in [-0.05, 0) is 37.6 Å². The summed E-state index contributed by atoms with van der Waals surface area (Å²) in [6.45, 7) is 4.89. The fraction of sp³-hybridized carbons (Fsp3) is 0.364. The van der Waals surface area contributed by atoms with Gasteiger partial charge in [0.25, 0.3) is 5.91 Å². The molecule has 1 unspecified atom stereocenters. The molecule has 2 aromatic heterocycles. The number of aliphatic hydroxyl groups excluding tert-OH is 1. The normalized spacial score (nSPS) is 17.9. The second-order valence-electron chi connectivity index (χ2n) is 7.43. The van der Waals surface area contributed by atoms with E-state index in [1.807, 2.05) is 60.4 Å². The molecule has 1 fully saturated rings. The second-order valence-corrected chi connectivity index (χ2v) is 7.43. The molecular formula is C22H26N4O2. The number of aromatic amines is 1. The Balaban J connectivity index is 1.48. The number of aromatic nitrogens is 2. The maximum Gasteiger partial charge on any atom is 0.270 e. The Morgan fingerprint density at radius 1 is 1.21 bits per heavy atom. The number of para-hydroxylation sites is 1. The standard InChI is InChI=1S/C22H26N4O2/c1-16-5-4-7-18(23-16)14-25-10-11-26(15-19(25)9-12-27)22(28)21-13-17-6-2-3-8-20(17)24-21/h2-8,13,19,24,27H,9-12,14-15H2,1H3. The molecule has 6 nitrogen and oxygen atoms in total. The second kappa shape index (κ2) is 8.12. The molecule has 1 amide bonds. The highest BCUT2D eigenvalue weighted by molar-refractivity contribution is 5.98. The zero-order valence-electron chi connectivity index (χ0n) is 16.1. The first-order chi connectivity index (χ1) is 13.6. The van der Waals surface area contributed by atoms with Crippen LogP contribution in [0.25, 0.3) is 10.9 Å². The van der Waals surface area contributed by atoms with Gasteiger partial charge >= 0.3 is 0 Å². The van der Waals surface area contributed by atoms with Crippen LogP contribution in [0, 0.1) is 6.92 Å². The summed E-state index contributed by atoms with van der Waals surface area (Å²) in [7, 11) is 0. The van der Waals surface area contributed by atoms with Crippen molar-refractivity contribution in [3.63, 3.8) is 0 Å². The number of amides is 1. The molecular weight excluding hydrogens is 352 g/mol. The largest absolute Gasteiger partial charge is 0.396 e. The molecule has 2 N–H and O–H groups in total. The number of hydrogen-bond donors (Lipinski definition) is 2. The first kappa shape index (κ1) is 18.7. The number of fused-ring (bicyclic) bond motifs is 1. The van der Waals surface area contributed by atoms with Crippen molar-refractivity contribution in [1.29, 1.82) is 0 Å². The van der Waals surface area contributed by atoms with Gasteiger partial charge in [0.1, 0.15) is 5.69 Å². The van der Waals surface area contributed by atoms with Gasteiger partial charge in [0.05, 0.1) is 5.69 Å². The van der Waals surface area contributed by atoms with E-state index in [9.17, 15) is 9.90 Å². The third kappa shape index (κ3) is 3.93. The van der Waals surface area contributed by atoms with Crippen molar-refractivity contribution in [3.8, 4) is 0 Å². The summed E-state index contributed by atoms with van der Waals surface area (Å²) in [5.41, 5.74) is 3.63. The quantitative estimate of drug-likeness (QED) is 0.716. The molecule has 3 aromatic rings. The molecule has 0 aliphatic carbocycles. The minimum absolute atomic E-state index is 0.0208. The Labute approximate surface area is 164 Å². The van der Waals surface area contributed by atoms with Crippen molar-refractivity contribution in [3.05, 3.63) is 65.6 Å². The minimum atomic E-state index is 0.0208. The lowest BCUT2D eigenvalue weighted by Crippen LogP contribution is -2.54. The van der Waals surface area contributed by atoms with Crippen molar-refractivity contribution in [2.45, 2.75) is 25.9 Å². The molecule has 146 valence electrons. The topological polar surface area (TPSA) is 72.5 Å². The SMILES string of the molecule is Cc1cccc(CN2CCN(C(=O)c3cc4ccccc4[nH]3)CC2CCO)n1. The highest BCUT2D eigenvalue weighted by atomic mass is 16.3. The molecule has 0 radical (unpaired) electrons. The van der Waals surface area contributed by atoms with Crippen molar-refractivity contribution in [1.82, 2.24) is 19.8 Å². The third-order valence-electron chi connectivity index (χ3n) is 5.43. The first-order valence-corrected chi connectivity index (χ1v) is 9.78. The Kier molecular flexibility index (Phi) is 5.41. The summed E-state index contributed by atoms with van der Waals surface area (Å²) in [6, 6.07) is 16.0. The molecule has 0 bridgehead atoms. The molecule has 1 atom stereocenters. The molecule has 28 heavy (non-hydrogen) atoms. The Hall–Kier alpha value is -2.70. The van der Waals surface area contributed by atoms with Crippen molar-refractivity contribution >= 4 is 16.8 Å². The van der Waals surface area contributed by atoms with Gasteiger partial charge in [-0.1, -0.05) is 24.3 Å². The number of aryl methyl sites for hydroxylation is 1. The molecule has 3 heterocycles. The number of pyridine rings is 1. The predicted octanol–water partition coefficient (Wildman–Crippen LogP) is 2.58. The van der Waals surface area contributed by atoms with Gasteiger partial charge in [-0.25, -0.2) is 0 Å². The van der Waals surface area contributed by atoms with E-state index in [1.165, 1.54) is 0 Å². The number of rotatable bonds is 5. The fourth-order valence-electron chi connectivity index (χ4n) is 3.96. The highest BCUT2D eigenvalue weighted by Gasteiger charge is 2.30. The van der Waals surface area contributed by atoms with Gasteiger partial charge in [-0.15, -0.1) is 0 Å². The summed E-state index contributed by atoms with van der Waals surface area (Å²) in [6.07, 6.45) is 0.641. The van der Waals surface area contributed by atoms with Crippen LogP contribution < -0.4 is 0 Å². The van der Waals surface area contributed by atoms with Gasteiger partial charge in [0.15, 0.2) is 0 Å². The molecule has 1 aliphatic rings. The van der Waals surface area contributed by atoms with E-state index >= 15 is 0 Å². The zero-order valence-corrected chi connectivity index (χ0v) is 16.1. The number of H-pyrrole nitrogens is 1. The summed E-state index contributed by atoms with van der Waals surface area (Å²) in [5.74, 6) is 0.0208. The average molecular weight is 378 g/mol. The Morgan fingerprint density at radius 2 is 2.07 bits per heavy atom. The highest BCUT2D eigenvalue weighted by Crippen LogP contribution is 2.20. The number of benzene rings is 1. The lowest BCUT2D eigenvalue weighted by Gasteiger charge is -2.41. The van der Waals surface area contributed by atoms with Crippen LogP contribution in [0.4, 0.5) is 0 Å². The molecule has 1 aromatic carbocycles. The summed E-state index contributed by atoms with van der Waals surface area (Å²) in [5, 5.41) is 10.6. The van der Waals surface area contributed by atoms with E-state index in [4.69, 9.17) is 0 Å². The Morgan fingerprint density at radius 3 is 2.86 bits per heavy atom. The van der Waals surface area contributed by atoms with Gasteiger partial charge in [-0.3, -0.25) is 14.7 Å². The number of nitrogens with zero attached hydrogens (tertiary/aromatic N) is 3. The number of aliphatic hydroxyl groups is 1. The van der Waals surface area contributed by atoms with Crippen LogP contribution in [0.5, 0.6) is 0 Å². The first-order valence-electron chi connectivity index (χ1n) is 9.78. The van der Waals surface area contributed by atoms with Crippen LogP contribution in [0.1, 0.15) is 28.3 Å². The van der Waals surface area contributed by atoms with Crippen molar-refractivity contribution in [2.75, 3.05) is 26.2 Å². The maximum absolute atomic E-state index is 13.0. The lowest BCUT2D eigenvalue weighted by atomic mass is 10.1. The summed E-state index contributed by atoms with van der Waals surface area (Å²) < 4.78 is 0. The maximum atomic E-state index is 13.0. The van der Waals surface area contributed by atoms with E-state index in [0.29, 0.717) is 25.2 Å². The van der Waals surface area contributed by atoms with E-state index in [1.54, 1.807) is 0 Å².